The topological polar surface area (TPSA) is 120 Å². The first-order valence-corrected chi connectivity index (χ1v) is 14.4. The van der Waals surface area contributed by atoms with E-state index in [0.717, 1.165) is 48.9 Å². The van der Waals surface area contributed by atoms with Crippen molar-refractivity contribution in [3.05, 3.63) is 65.2 Å². The highest BCUT2D eigenvalue weighted by Crippen LogP contribution is 2.42. The van der Waals surface area contributed by atoms with E-state index in [1.165, 1.54) is 6.92 Å². The van der Waals surface area contributed by atoms with Crippen LogP contribution in [0.1, 0.15) is 75.0 Å². The number of aliphatic hydroxyl groups excluding tert-OH is 2. The number of anilines is 1. The summed E-state index contributed by atoms with van der Waals surface area (Å²) in [6.07, 6.45) is 2.37. The first kappa shape index (κ1) is 30.1. The van der Waals surface area contributed by atoms with Gasteiger partial charge in [0, 0.05) is 56.7 Å². The predicted molar refractivity (Wildman–Crippen MR) is 152 cm³/mol. The Morgan fingerprint density at radius 3 is 2.55 bits per heavy atom. The molecule has 2 amide bonds. The van der Waals surface area contributed by atoms with Crippen LogP contribution in [0, 0.1) is 5.92 Å². The molecule has 218 valence electrons. The predicted octanol–water partition coefficient (Wildman–Crippen LogP) is 3.67. The van der Waals surface area contributed by atoms with Crippen LogP contribution < -0.4 is 10.6 Å². The molecule has 0 spiro atoms. The van der Waals surface area contributed by atoms with E-state index >= 15 is 0 Å². The van der Waals surface area contributed by atoms with Crippen LogP contribution in [0.5, 0.6) is 0 Å². The van der Waals surface area contributed by atoms with Gasteiger partial charge in [-0.15, -0.1) is 0 Å². The van der Waals surface area contributed by atoms with E-state index in [9.17, 15) is 19.8 Å². The van der Waals surface area contributed by atoms with Gasteiger partial charge in [-0.2, -0.15) is 0 Å². The maximum Gasteiger partial charge on any atom is 0.224 e. The molecule has 2 aromatic rings. The summed E-state index contributed by atoms with van der Waals surface area (Å²) in [5.74, 6) is -0.0318. The van der Waals surface area contributed by atoms with E-state index in [2.05, 4.69) is 22.5 Å². The summed E-state index contributed by atoms with van der Waals surface area (Å²) in [6, 6.07) is 15.4. The van der Waals surface area contributed by atoms with Crippen LogP contribution in [-0.4, -0.2) is 65.3 Å². The molecular weight excluding hydrogens is 510 g/mol. The molecule has 0 aliphatic carbocycles. The van der Waals surface area contributed by atoms with Crippen molar-refractivity contribution in [2.75, 3.05) is 31.5 Å². The van der Waals surface area contributed by atoms with Crippen LogP contribution in [0.25, 0.3) is 0 Å². The summed E-state index contributed by atoms with van der Waals surface area (Å²) >= 11 is 0. The van der Waals surface area contributed by atoms with Crippen LogP contribution >= 0.6 is 0 Å². The minimum atomic E-state index is -0.623. The van der Waals surface area contributed by atoms with Gasteiger partial charge in [0.1, 0.15) is 0 Å². The molecule has 2 aromatic carbocycles. The van der Waals surface area contributed by atoms with E-state index in [1.54, 1.807) is 0 Å². The van der Waals surface area contributed by atoms with Gasteiger partial charge in [-0.25, -0.2) is 0 Å². The fourth-order valence-corrected chi connectivity index (χ4v) is 5.40. The third kappa shape index (κ3) is 8.59. The van der Waals surface area contributed by atoms with Gasteiger partial charge in [0.15, 0.2) is 6.29 Å². The molecule has 0 bridgehead atoms. The van der Waals surface area contributed by atoms with Crippen molar-refractivity contribution in [1.29, 1.82) is 0 Å². The highest BCUT2D eigenvalue weighted by atomic mass is 16.7. The molecule has 9 nitrogen and oxygen atoms in total. The number of amides is 2. The summed E-state index contributed by atoms with van der Waals surface area (Å²) in [6.45, 7) is 6.42. The van der Waals surface area contributed by atoms with Gasteiger partial charge in [0.25, 0.3) is 0 Å². The quantitative estimate of drug-likeness (QED) is 0.296. The van der Waals surface area contributed by atoms with Crippen molar-refractivity contribution in [1.82, 2.24) is 10.2 Å². The first-order valence-electron chi connectivity index (χ1n) is 14.4. The Bertz CT molecular complexity index is 1110. The lowest BCUT2D eigenvalue weighted by Crippen LogP contribution is -2.44. The summed E-state index contributed by atoms with van der Waals surface area (Å²) in [5, 5.41) is 25.3. The number of benzene rings is 2. The summed E-state index contributed by atoms with van der Waals surface area (Å²) in [5.41, 5.74) is 3.38. The Kier molecular flexibility index (Phi) is 11.1. The van der Waals surface area contributed by atoms with Crippen molar-refractivity contribution in [2.24, 2.45) is 5.92 Å². The Labute approximate surface area is 236 Å². The normalized spacial score (nSPS) is 25.1. The van der Waals surface area contributed by atoms with Crippen LogP contribution in [0.4, 0.5) is 5.69 Å². The second-order valence-corrected chi connectivity index (χ2v) is 11.0. The van der Waals surface area contributed by atoms with E-state index in [4.69, 9.17) is 9.47 Å². The third-order valence-corrected chi connectivity index (χ3v) is 7.71. The summed E-state index contributed by atoms with van der Waals surface area (Å²) in [4.78, 5) is 25.8. The summed E-state index contributed by atoms with van der Waals surface area (Å²) in [7, 11) is 0. The molecule has 2 aliphatic rings. The number of carbonyl (C=O) groups is 2. The number of nitrogens with one attached hydrogen (secondary N) is 2. The van der Waals surface area contributed by atoms with Gasteiger partial charge in [0.05, 0.1) is 24.9 Å². The fourth-order valence-electron chi connectivity index (χ4n) is 5.40. The molecule has 4 rings (SSSR count). The lowest BCUT2D eigenvalue weighted by molar-refractivity contribution is -0.276. The molecule has 40 heavy (non-hydrogen) atoms. The van der Waals surface area contributed by atoms with Crippen LogP contribution in [0.15, 0.2) is 48.5 Å². The van der Waals surface area contributed by atoms with Gasteiger partial charge in [-0.1, -0.05) is 49.7 Å². The number of rotatable bonds is 12. The zero-order chi connectivity index (χ0) is 28.5. The number of unbranched alkanes of at least 4 members (excludes halogenated alkanes) is 2. The molecule has 5 unspecified atom stereocenters. The van der Waals surface area contributed by atoms with Crippen molar-refractivity contribution in [3.8, 4) is 0 Å². The number of likely N-dealkylation sites (tertiary alicyclic amines) is 1. The molecule has 4 N–H and O–H groups in total. The molecule has 9 heteroatoms. The number of β-amino-alcohol motifs (C(OH)–C–C–N with tert-alkyl or cyclic N) is 1. The van der Waals surface area contributed by atoms with Crippen molar-refractivity contribution in [3.63, 3.8) is 0 Å². The smallest absolute Gasteiger partial charge is 0.224 e. The Morgan fingerprint density at radius 2 is 1.85 bits per heavy atom. The van der Waals surface area contributed by atoms with Crippen LogP contribution in [0.3, 0.4) is 0 Å². The van der Waals surface area contributed by atoms with Gasteiger partial charge >= 0.3 is 0 Å². The molecule has 0 aromatic heterocycles. The zero-order valence-corrected chi connectivity index (χ0v) is 23.6. The number of hydrogen-bond acceptors (Lipinski definition) is 7. The average molecular weight is 554 g/mol. The zero-order valence-electron chi connectivity index (χ0n) is 23.6. The molecule has 0 radical (unpaired) electrons. The maximum absolute atomic E-state index is 12.6. The average Bonchev–Trinajstić information content (AvgIpc) is 3.36. The second kappa shape index (κ2) is 14.7. The third-order valence-electron chi connectivity index (χ3n) is 7.71. The van der Waals surface area contributed by atoms with Crippen molar-refractivity contribution < 1.29 is 29.3 Å². The van der Waals surface area contributed by atoms with E-state index in [0.29, 0.717) is 31.7 Å². The number of carbonyl (C=O) groups excluding carboxylic acids is 2. The van der Waals surface area contributed by atoms with Crippen LogP contribution in [0.2, 0.25) is 0 Å². The Balaban J connectivity index is 1.42. The lowest BCUT2D eigenvalue weighted by Gasteiger charge is -2.42. The second-order valence-electron chi connectivity index (χ2n) is 11.0. The van der Waals surface area contributed by atoms with Crippen molar-refractivity contribution >= 4 is 17.5 Å². The van der Waals surface area contributed by atoms with Gasteiger partial charge in [0.2, 0.25) is 11.8 Å². The fraction of sp³-hybridized carbons (Fsp3) is 0.548. The minimum absolute atomic E-state index is 0.0113. The molecule has 2 fully saturated rings. The van der Waals surface area contributed by atoms with Crippen molar-refractivity contribution in [2.45, 2.75) is 77.2 Å². The highest BCUT2D eigenvalue weighted by molar-refractivity contribution is 5.90. The van der Waals surface area contributed by atoms with Gasteiger partial charge < -0.3 is 30.3 Å². The molecule has 2 saturated heterocycles. The van der Waals surface area contributed by atoms with Crippen LogP contribution in [-0.2, 0) is 25.7 Å². The molecule has 2 aliphatic heterocycles. The number of ether oxygens (including phenoxy) is 2. The molecule has 2 heterocycles. The van der Waals surface area contributed by atoms with Gasteiger partial charge in [-0.3, -0.25) is 14.5 Å². The standard InChI is InChI=1S/C31H43N3O6/c1-21-28(19-34-16-14-27(37)18-34)39-31(40-30(21)24-12-10-23(20-35)11-13-24)25-7-6-8-26(17-25)33-29(38)9-4-3-5-15-32-22(2)36/h6-8,10-13,17,21,27-28,30-31,35,37H,3-5,9,14-16,18-20H2,1-2H3,(H,32,36)(H,33,38). The molecule has 5 atom stereocenters. The minimum Gasteiger partial charge on any atom is -0.392 e. The number of aliphatic hydroxyl groups is 2. The summed E-state index contributed by atoms with van der Waals surface area (Å²) < 4.78 is 13.1. The highest BCUT2D eigenvalue weighted by Gasteiger charge is 2.40. The largest absolute Gasteiger partial charge is 0.392 e. The van der Waals surface area contributed by atoms with E-state index < -0.39 is 6.29 Å². The monoisotopic (exact) mass is 553 g/mol. The van der Waals surface area contributed by atoms with Gasteiger partial charge in [-0.05, 0) is 42.5 Å². The first-order chi connectivity index (χ1) is 19.3. The Morgan fingerprint density at radius 1 is 1.05 bits per heavy atom. The van der Waals surface area contributed by atoms with E-state index in [-0.39, 0.29) is 42.7 Å². The number of hydrogen-bond donors (Lipinski definition) is 4. The Hall–Kier alpha value is -2.82. The molecular formula is C31H43N3O6. The SMILES string of the molecule is CC(=O)NCCCCCC(=O)Nc1cccc(C2OC(CN3CCC(O)C3)C(C)C(c3ccc(CO)cc3)O2)c1. The molecule has 0 saturated carbocycles. The number of nitrogens with zero attached hydrogens (tertiary/aromatic N) is 1. The van der Waals surface area contributed by atoms with E-state index in [1.807, 2.05) is 48.5 Å². The lowest BCUT2D eigenvalue weighted by atomic mass is 9.90. The maximum atomic E-state index is 12.6.